The van der Waals surface area contributed by atoms with Crippen LogP contribution in [0.5, 0.6) is 0 Å². The molecule has 118 valence electrons. The van der Waals surface area contributed by atoms with Crippen molar-refractivity contribution in [1.82, 2.24) is 30.2 Å². The van der Waals surface area contributed by atoms with Gasteiger partial charge in [0.1, 0.15) is 10.5 Å². The number of rotatable bonds is 5. The van der Waals surface area contributed by atoms with Crippen LogP contribution < -0.4 is 5.32 Å². The zero-order chi connectivity index (χ0) is 16.2. The van der Waals surface area contributed by atoms with E-state index in [1.165, 1.54) is 18.1 Å². The molecule has 3 aromatic rings. The number of carbonyl (C=O) groups is 1. The first-order valence-electron chi connectivity index (χ1n) is 6.83. The molecule has 2 N–H and O–H groups in total. The number of H-pyrrole nitrogens is 1. The summed E-state index contributed by atoms with van der Waals surface area (Å²) in [6.07, 6.45) is 4.91. The molecule has 3 heterocycles. The van der Waals surface area contributed by atoms with Crippen molar-refractivity contribution in [3.05, 3.63) is 41.7 Å². The van der Waals surface area contributed by atoms with E-state index in [-0.39, 0.29) is 16.4 Å². The van der Waals surface area contributed by atoms with E-state index in [1.54, 1.807) is 12.4 Å². The number of imidazole rings is 1. The number of hydrogen-bond acceptors (Lipinski definition) is 6. The maximum Gasteiger partial charge on any atom is 0.233 e. The number of thioether (sulfide) groups is 1. The van der Waals surface area contributed by atoms with Gasteiger partial charge in [-0.25, -0.2) is 9.97 Å². The molecular formula is C14H13ClN6OS. The molecule has 0 aliphatic heterocycles. The van der Waals surface area contributed by atoms with E-state index in [4.69, 9.17) is 11.6 Å². The Morgan fingerprint density at radius 3 is 2.96 bits per heavy atom. The highest BCUT2D eigenvalue weighted by Crippen LogP contribution is 2.27. The van der Waals surface area contributed by atoms with E-state index < -0.39 is 0 Å². The van der Waals surface area contributed by atoms with E-state index in [0.29, 0.717) is 22.7 Å². The maximum absolute atomic E-state index is 12.2. The zero-order valence-corrected chi connectivity index (χ0v) is 13.7. The fourth-order valence-electron chi connectivity index (χ4n) is 1.92. The summed E-state index contributed by atoms with van der Waals surface area (Å²) in [7, 11) is 0. The summed E-state index contributed by atoms with van der Waals surface area (Å²) in [6, 6.07) is 3.72. The highest BCUT2D eigenvalue weighted by Gasteiger charge is 2.18. The van der Waals surface area contributed by atoms with Crippen molar-refractivity contribution in [2.24, 2.45) is 0 Å². The topological polar surface area (TPSA) is 96.5 Å². The number of nitrogens with zero attached hydrogens (tertiary/aromatic N) is 4. The lowest BCUT2D eigenvalue weighted by Gasteiger charge is -2.12. The summed E-state index contributed by atoms with van der Waals surface area (Å²) >= 11 is 7.19. The summed E-state index contributed by atoms with van der Waals surface area (Å²) < 4.78 is 0. The van der Waals surface area contributed by atoms with Crippen LogP contribution in [0.2, 0.25) is 5.28 Å². The van der Waals surface area contributed by atoms with Gasteiger partial charge >= 0.3 is 0 Å². The Bertz CT molecular complexity index is 825. The van der Waals surface area contributed by atoms with Crippen LogP contribution in [0.1, 0.15) is 12.5 Å². The van der Waals surface area contributed by atoms with Gasteiger partial charge in [0.15, 0.2) is 5.65 Å². The van der Waals surface area contributed by atoms with Crippen LogP contribution in [0, 0.1) is 0 Å². The van der Waals surface area contributed by atoms with Gasteiger partial charge in [-0.05, 0) is 36.2 Å². The Morgan fingerprint density at radius 2 is 2.17 bits per heavy atom. The fraction of sp³-hybridized carbons (Fsp3) is 0.214. The van der Waals surface area contributed by atoms with Crippen molar-refractivity contribution < 1.29 is 4.79 Å². The maximum atomic E-state index is 12.2. The zero-order valence-electron chi connectivity index (χ0n) is 12.2. The van der Waals surface area contributed by atoms with Crippen LogP contribution >= 0.6 is 23.4 Å². The molecule has 23 heavy (non-hydrogen) atoms. The Kier molecular flexibility index (Phi) is 4.73. The summed E-state index contributed by atoms with van der Waals surface area (Å²) in [6.45, 7) is 2.26. The average molecular weight is 349 g/mol. The Labute approximate surface area is 141 Å². The number of fused-ring (bicyclic) bond motifs is 1. The number of hydrogen-bond donors (Lipinski definition) is 2. The Morgan fingerprint density at radius 1 is 1.39 bits per heavy atom. The van der Waals surface area contributed by atoms with Crippen LogP contribution in [0.4, 0.5) is 0 Å². The third-order valence-corrected chi connectivity index (χ3v) is 4.35. The smallest absolute Gasteiger partial charge is 0.233 e. The van der Waals surface area contributed by atoms with Gasteiger partial charge in [0.25, 0.3) is 0 Å². The van der Waals surface area contributed by atoms with Gasteiger partial charge in [0.2, 0.25) is 11.2 Å². The van der Waals surface area contributed by atoms with Gasteiger partial charge in [0, 0.05) is 18.9 Å². The molecule has 3 rings (SSSR count). The van der Waals surface area contributed by atoms with Gasteiger partial charge in [-0.15, -0.1) is 0 Å². The van der Waals surface area contributed by atoms with E-state index in [9.17, 15) is 4.79 Å². The summed E-state index contributed by atoms with van der Waals surface area (Å²) in [5.74, 6) is -0.0887. The molecule has 0 unspecified atom stereocenters. The van der Waals surface area contributed by atoms with Crippen molar-refractivity contribution in [2.45, 2.75) is 23.7 Å². The van der Waals surface area contributed by atoms with Crippen molar-refractivity contribution >= 4 is 40.4 Å². The predicted molar refractivity (Wildman–Crippen MR) is 88.1 cm³/mol. The highest BCUT2D eigenvalue weighted by atomic mass is 35.5. The first-order chi connectivity index (χ1) is 11.1. The molecule has 0 spiro atoms. The lowest BCUT2D eigenvalue weighted by molar-refractivity contribution is -0.120. The molecule has 0 aliphatic rings. The first kappa shape index (κ1) is 15.7. The molecule has 0 radical (unpaired) electrons. The molecule has 1 amide bonds. The number of aromatic amines is 1. The summed E-state index contributed by atoms with van der Waals surface area (Å²) in [5, 5.41) is 3.26. The fourth-order valence-corrected chi connectivity index (χ4v) is 3.07. The quantitative estimate of drug-likeness (QED) is 0.417. The molecule has 7 nitrogen and oxygen atoms in total. The van der Waals surface area contributed by atoms with Crippen LogP contribution in [-0.4, -0.2) is 36.1 Å². The van der Waals surface area contributed by atoms with Crippen molar-refractivity contribution in [3.8, 4) is 0 Å². The van der Waals surface area contributed by atoms with Gasteiger partial charge in [-0.1, -0.05) is 11.8 Å². The molecule has 3 aromatic heterocycles. The second-order valence-electron chi connectivity index (χ2n) is 4.73. The molecule has 1 atom stereocenters. The standard InChI is InChI=1S/C14H13ClN6OS/c1-8(12(22)17-6-9-2-4-16-5-3-9)23-13-10-11(19-7-18-10)20-14(15)21-13/h2-5,7-8H,6H2,1H3,(H,17,22)(H,18,19,20,21)/t8-/m0/s1. The highest BCUT2D eigenvalue weighted by molar-refractivity contribution is 8.00. The minimum absolute atomic E-state index is 0.0887. The normalized spacial score (nSPS) is 12.3. The first-order valence-corrected chi connectivity index (χ1v) is 8.09. The van der Waals surface area contributed by atoms with Crippen molar-refractivity contribution in [3.63, 3.8) is 0 Å². The van der Waals surface area contributed by atoms with Crippen molar-refractivity contribution in [2.75, 3.05) is 0 Å². The van der Waals surface area contributed by atoms with Crippen LogP contribution in [0.15, 0.2) is 35.9 Å². The van der Waals surface area contributed by atoms with Gasteiger partial charge in [0.05, 0.1) is 11.6 Å². The number of pyridine rings is 1. The number of aromatic nitrogens is 5. The minimum atomic E-state index is -0.339. The monoisotopic (exact) mass is 348 g/mol. The lowest BCUT2D eigenvalue weighted by Crippen LogP contribution is -2.30. The van der Waals surface area contributed by atoms with Crippen LogP contribution in [0.3, 0.4) is 0 Å². The van der Waals surface area contributed by atoms with Gasteiger partial charge in [-0.2, -0.15) is 4.98 Å². The molecule has 0 aliphatic carbocycles. The SMILES string of the molecule is C[C@H](Sc1nc(Cl)nc2nc[nH]c12)C(=O)NCc1ccncc1. The molecular weight excluding hydrogens is 336 g/mol. The van der Waals surface area contributed by atoms with E-state index in [0.717, 1.165) is 5.56 Å². The molecule has 0 saturated carbocycles. The number of halogens is 1. The number of nitrogens with one attached hydrogen (secondary N) is 2. The largest absolute Gasteiger partial charge is 0.351 e. The molecule has 0 saturated heterocycles. The van der Waals surface area contributed by atoms with Gasteiger partial charge in [-0.3, -0.25) is 9.78 Å². The third kappa shape index (κ3) is 3.77. The van der Waals surface area contributed by atoms with E-state index in [1.807, 2.05) is 19.1 Å². The number of amides is 1. The van der Waals surface area contributed by atoms with Crippen LogP contribution in [0.25, 0.3) is 11.2 Å². The summed E-state index contributed by atoms with van der Waals surface area (Å²) in [5.41, 5.74) is 2.15. The lowest BCUT2D eigenvalue weighted by atomic mass is 10.2. The van der Waals surface area contributed by atoms with Crippen LogP contribution in [-0.2, 0) is 11.3 Å². The number of carbonyl (C=O) groups excluding carboxylic acids is 1. The van der Waals surface area contributed by atoms with Gasteiger partial charge < -0.3 is 10.3 Å². The Balaban J connectivity index is 1.67. The average Bonchev–Trinajstić information content (AvgIpc) is 3.02. The molecule has 9 heteroatoms. The molecule has 0 bridgehead atoms. The molecule has 0 aromatic carbocycles. The minimum Gasteiger partial charge on any atom is -0.351 e. The third-order valence-electron chi connectivity index (χ3n) is 3.10. The van der Waals surface area contributed by atoms with Crippen molar-refractivity contribution in [1.29, 1.82) is 0 Å². The summed E-state index contributed by atoms with van der Waals surface area (Å²) in [4.78, 5) is 31.4. The predicted octanol–water partition coefficient (Wildman–Crippen LogP) is 2.20. The second kappa shape index (κ2) is 6.93. The Hall–Kier alpha value is -2.19. The second-order valence-corrected chi connectivity index (χ2v) is 6.40. The van der Waals surface area contributed by atoms with E-state index >= 15 is 0 Å². The van der Waals surface area contributed by atoms with E-state index in [2.05, 4.69) is 30.2 Å². The molecule has 0 fully saturated rings.